The summed E-state index contributed by atoms with van der Waals surface area (Å²) in [6.45, 7) is 3.68. The van der Waals surface area contributed by atoms with Gasteiger partial charge in [-0.2, -0.15) is 0 Å². The number of phenolic OH excluding ortho intramolecular Hbond substituents is 1. The van der Waals surface area contributed by atoms with Gasteiger partial charge in [0, 0.05) is 17.8 Å². The number of carbonyl (C=O) groups is 1. The molecule has 0 fully saturated rings. The number of phenols is 1. The minimum absolute atomic E-state index is 0.0561. The predicted molar refractivity (Wildman–Crippen MR) is 83.8 cm³/mol. The zero-order valence-corrected chi connectivity index (χ0v) is 12.1. The van der Waals surface area contributed by atoms with Gasteiger partial charge in [0.2, 0.25) is 5.91 Å². The average molecular weight is 282 g/mol. The molecule has 1 amide bonds. The summed E-state index contributed by atoms with van der Waals surface area (Å²) < 4.78 is 0. The van der Waals surface area contributed by atoms with Crippen LogP contribution in [0.25, 0.3) is 0 Å². The number of aromatic hydroxyl groups is 1. The van der Waals surface area contributed by atoms with Crippen molar-refractivity contribution < 1.29 is 9.90 Å². The Balaban J connectivity index is 1.75. The van der Waals surface area contributed by atoms with Crippen LogP contribution in [0.1, 0.15) is 16.7 Å². The monoisotopic (exact) mass is 282 g/mol. The zero-order valence-electron chi connectivity index (χ0n) is 12.1. The second-order valence-corrected chi connectivity index (χ2v) is 5.50. The molecule has 1 aliphatic rings. The number of fused-ring (bicyclic) bond motifs is 1. The van der Waals surface area contributed by atoms with Gasteiger partial charge in [-0.05, 0) is 48.7 Å². The number of aryl methyl sites for hydroxylation is 2. The first kappa shape index (κ1) is 13.5. The highest BCUT2D eigenvalue weighted by atomic mass is 16.3. The standard InChI is InChI=1S/C17H18N2O2/c1-10-8-16(20)11(2)7-14(10)19-17(21)15-9-12-5-3-4-6-13(12)18-15/h3-8,15,18,20H,9H2,1-2H3,(H,19,21). The van der Waals surface area contributed by atoms with Crippen molar-refractivity contribution in [2.75, 3.05) is 10.6 Å². The van der Waals surface area contributed by atoms with E-state index in [1.165, 1.54) is 0 Å². The Hall–Kier alpha value is -2.49. The van der Waals surface area contributed by atoms with Crippen LogP contribution < -0.4 is 10.6 Å². The van der Waals surface area contributed by atoms with Crippen LogP contribution in [-0.2, 0) is 11.2 Å². The lowest BCUT2D eigenvalue weighted by Gasteiger charge is -2.14. The van der Waals surface area contributed by atoms with E-state index in [1.807, 2.05) is 38.1 Å². The minimum Gasteiger partial charge on any atom is -0.508 e. The molecule has 1 unspecified atom stereocenters. The van der Waals surface area contributed by atoms with Crippen molar-refractivity contribution in [3.63, 3.8) is 0 Å². The van der Waals surface area contributed by atoms with Crippen LogP contribution in [-0.4, -0.2) is 17.1 Å². The highest BCUT2D eigenvalue weighted by Gasteiger charge is 2.26. The lowest BCUT2D eigenvalue weighted by molar-refractivity contribution is -0.116. The molecule has 21 heavy (non-hydrogen) atoms. The maximum atomic E-state index is 12.4. The molecule has 0 bridgehead atoms. The highest BCUT2D eigenvalue weighted by molar-refractivity contribution is 5.98. The average Bonchev–Trinajstić information content (AvgIpc) is 2.88. The smallest absolute Gasteiger partial charge is 0.247 e. The summed E-state index contributed by atoms with van der Waals surface area (Å²) in [5.41, 5.74) is 4.53. The van der Waals surface area contributed by atoms with Crippen molar-refractivity contribution in [2.45, 2.75) is 26.3 Å². The van der Waals surface area contributed by atoms with Crippen molar-refractivity contribution in [1.82, 2.24) is 0 Å². The first-order valence-corrected chi connectivity index (χ1v) is 7.00. The molecule has 1 atom stereocenters. The van der Waals surface area contributed by atoms with Gasteiger partial charge in [0.15, 0.2) is 0 Å². The van der Waals surface area contributed by atoms with Gasteiger partial charge >= 0.3 is 0 Å². The zero-order chi connectivity index (χ0) is 15.0. The highest BCUT2D eigenvalue weighted by Crippen LogP contribution is 2.28. The third-order valence-corrected chi connectivity index (χ3v) is 3.89. The van der Waals surface area contributed by atoms with Crippen molar-refractivity contribution in [3.8, 4) is 5.75 Å². The third kappa shape index (κ3) is 2.57. The summed E-state index contributed by atoms with van der Waals surface area (Å²) >= 11 is 0. The largest absolute Gasteiger partial charge is 0.508 e. The number of rotatable bonds is 2. The number of anilines is 2. The van der Waals surface area contributed by atoms with Gasteiger partial charge in [0.25, 0.3) is 0 Å². The molecule has 2 aromatic carbocycles. The van der Waals surface area contributed by atoms with E-state index in [0.717, 1.165) is 28.1 Å². The van der Waals surface area contributed by atoms with Gasteiger partial charge in [-0.25, -0.2) is 0 Å². The summed E-state index contributed by atoms with van der Waals surface area (Å²) in [6, 6.07) is 11.2. The Morgan fingerprint density at radius 3 is 2.76 bits per heavy atom. The Morgan fingerprint density at radius 2 is 2.00 bits per heavy atom. The van der Waals surface area contributed by atoms with Crippen molar-refractivity contribution in [3.05, 3.63) is 53.1 Å². The summed E-state index contributed by atoms with van der Waals surface area (Å²) in [6.07, 6.45) is 0.693. The van der Waals surface area contributed by atoms with E-state index in [2.05, 4.69) is 10.6 Å². The quantitative estimate of drug-likeness (QED) is 0.742. The van der Waals surface area contributed by atoms with Crippen molar-refractivity contribution in [2.24, 2.45) is 0 Å². The van der Waals surface area contributed by atoms with Gasteiger partial charge in [-0.15, -0.1) is 0 Å². The van der Waals surface area contributed by atoms with Gasteiger partial charge < -0.3 is 15.7 Å². The molecule has 3 N–H and O–H groups in total. The van der Waals surface area contributed by atoms with E-state index in [4.69, 9.17) is 0 Å². The third-order valence-electron chi connectivity index (χ3n) is 3.89. The first-order chi connectivity index (χ1) is 10.0. The fourth-order valence-corrected chi connectivity index (χ4v) is 2.61. The summed E-state index contributed by atoms with van der Waals surface area (Å²) in [5, 5.41) is 15.8. The number of amides is 1. The van der Waals surface area contributed by atoms with E-state index in [1.54, 1.807) is 12.1 Å². The van der Waals surface area contributed by atoms with Gasteiger partial charge in [0.1, 0.15) is 11.8 Å². The molecule has 0 spiro atoms. The maximum Gasteiger partial charge on any atom is 0.247 e. The fraction of sp³-hybridized carbons (Fsp3) is 0.235. The van der Waals surface area contributed by atoms with E-state index >= 15 is 0 Å². The molecular weight excluding hydrogens is 264 g/mol. The molecule has 0 aliphatic carbocycles. The van der Waals surface area contributed by atoms with Gasteiger partial charge in [0.05, 0.1) is 0 Å². The number of carbonyl (C=O) groups excluding carboxylic acids is 1. The van der Waals surface area contributed by atoms with Crippen molar-refractivity contribution in [1.29, 1.82) is 0 Å². The molecule has 108 valence electrons. The number of nitrogens with one attached hydrogen (secondary N) is 2. The SMILES string of the molecule is Cc1cc(NC(=O)C2Cc3ccccc3N2)c(C)cc1O. The second kappa shape index (κ2) is 5.13. The van der Waals surface area contributed by atoms with Crippen LogP contribution in [0.3, 0.4) is 0 Å². The summed E-state index contributed by atoms with van der Waals surface area (Å²) in [5.74, 6) is 0.191. The van der Waals surface area contributed by atoms with E-state index in [-0.39, 0.29) is 17.7 Å². The minimum atomic E-state index is -0.254. The molecule has 0 saturated carbocycles. The van der Waals surface area contributed by atoms with Crippen LogP contribution >= 0.6 is 0 Å². The van der Waals surface area contributed by atoms with E-state index in [0.29, 0.717) is 6.42 Å². The summed E-state index contributed by atoms with van der Waals surface area (Å²) in [4.78, 5) is 12.4. The molecule has 4 heteroatoms. The Bertz CT molecular complexity index is 685. The fourth-order valence-electron chi connectivity index (χ4n) is 2.61. The molecule has 0 aromatic heterocycles. The van der Waals surface area contributed by atoms with Crippen LogP contribution in [0, 0.1) is 13.8 Å². The summed E-state index contributed by atoms with van der Waals surface area (Å²) in [7, 11) is 0. The van der Waals surface area contributed by atoms with E-state index < -0.39 is 0 Å². The van der Waals surface area contributed by atoms with Crippen LogP contribution in [0.4, 0.5) is 11.4 Å². The molecular formula is C17H18N2O2. The molecule has 0 radical (unpaired) electrons. The van der Waals surface area contributed by atoms with Crippen LogP contribution in [0.15, 0.2) is 36.4 Å². The number of hydrogen-bond donors (Lipinski definition) is 3. The lowest BCUT2D eigenvalue weighted by Crippen LogP contribution is -2.33. The Kier molecular flexibility index (Phi) is 3.29. The molecule has 1 heterocycles. The normalized spacial score (nSPS) is 16.2. The predicted octanol–water partition coefficient (Wildman–Crippen LogP) is 2.98. The number of para-hydroxylation sites is 1. The van der Waals surface area contributed by atoms with Gasteiger partial charge in [-0.1, -0.05) is 18.2 Å². The molecule has 0 saturated heterocycles. The molecule has 1 aliphatic heterocycles. The number of benzene rings is 2. The maximum absolute atomic E-state index is 12.4. The van der Waals surface area contributed by atoms with Gasteiger partial charge in [-0.3, -0.25) is 4.79 Å². The first-order valence-electron chi connectivity index (χ1n) is 7.00. The van der Waals surface area contributed by atoms with Crippen LogP contribution in [0.2, 0.25) is 0 Å². The lowest BCUT2D eigenvalue weighted by atomic mass is 10.1. The molecule has 3 rings (SSSR count). The second-order valence-electron chi connectivity index (χ2n) is 5.50. The topological polar surface area (TPSA) is 61.4 Å². The molecule has 4 nitrogen and oxygen atoms in total. The Labute approximate surface area is 123 Å². The van der Waals surface area contributed by atoms with E-state index in [9.17, 15) is 9.90 Å². The molecule has 2 aromatic rings. The number of hydrogen-bond acceptors (Lipinski definition) is 3. The Morgan fingerprint density at radius 1 is 1.24 bits per heavy atom. The van der Waals surface area contributed by atoms with Crippen LogP contribution in [0.5, 0.6) is 5.75 Å². The van der Waals surface area contributed by atoms with Crippen molar-refractivity contribution >= 4 is 17.3 Å².